The number of halogens is 1. The quantitative estimate of drug-likeness (QED) is 0.437. The second kappa shape index (κ2) is 8.89. The zero-order chi connectivity index (χ0) is 3.41. The summed E-state index contributed by atoms with van der Waals surface area (Å²) in [7, 11) is 0. The smallest absolute Gasteiger partial charge is 1.00 e. The Morgan fingerprint density at radius 3 is 1.80 bits per heavy atom. The monoisotopic (exact) mass is 199 g/mol. The molecule has 0 aliphatic rings. The molecule has 0 saturated carbocycles. The summed E-state index contributed by atoms with van der Waals surface area (Å²) >= 11 is 2.29. The predicted octanol–water partition coefficient (Wildman–Crippen LogP) is -3.43. The zero-order valence-corrected chi connectivity index (χ0v) is 6.15. The van der Waals surface area contributed by atoms with Crippen molar-refractivity contribution in [3.05, 3.63) is 0 Å². The summed E-state index contributed by atoms with van der Waals surface area (Å²) < 4.78 is 0. The van der Waals surface area contributed by atoms with Crippen LogP contribution in [-0.2, 0) is 0 Å². The summed E-state index contributed by atoms with van der Waals surface area (Å²) in [6, 6.07) is 0. The standard InChI is InChI=1S/C2H5AsO.BrH/c3-1-2-4;/h4H,1-2H2;1H/q+1;/p-1. The summed E-state index contributed by atoms with van der Waals surface area (Å²) in [5, 5.41) is 8.67. The topological polar surface area (TPSA) is 20.2 Å². The number of hydrogen-bond acceptors (Lipinski definition) is 1. The molecule has 1 nitrogen and oxygen atoms in total. The Labute approximate surface area is 51.0 Å². The van der Waals surface area contributed by atoms with Crippen molar-refractivity contribution in [2.45, 2.75) is 5.21 Å². The van der Waals surface area contributed by atoms with Crippen LogP contribution in [0.15, 0.2) is 0 Å². The van der Waals surface area contributed by atoms with Gasteiger partial charge in [0.2, 0.25) is 0 Å². The molecule has 0 aliphatic carbocycles. The van der Waals surface area contributed by atoms with Crippen LogP contribution in [0.25, 0.3) is 0 Å². The molecule has 5 heavy (non-hydrogen) atoms. The van der Waals surface area contributed by atoms with Crippen molar-refractivity contribution in [1.82, 2.24) is 0 Å². The van der Waals surface area contributed by atoms with E-state index >= 15 is 0 Å². The maximum atomic E-state index is 7.86. The Bertz CT molecular complexity index is 11.6. The Morgan fingerprint density at radius 2 is 1.80 bits per heavy atom. The minimum Gasteiger partial charge on any atom is -1.00 e. The van der Waals surface area contributed by atoms with Crippen molar-refractivity contribution in [3.63, 3.8) is 0 Å². The van der Waals surface area contributed by atoms with Gasteiger partial charge in [0.05, 0.1) is 0 Å². The first-order chi connectivity index (χ1) is 1.91. The first-order valence-electron chi connectivity index (χ1n) is 1.13. The van der Waals surface area contributed by atoms with Gasteiger partial charge in [0.1, 0.15) is 0 Å². The van der Waals surface area contributed by atoms with Crippen LogP contribution in [0.3, 0.4) is 0 Å². The number of aliphatic hydroxyl groups excluding tert-OH is 1. The van der Waals surface area contributed by atoms with Gasteiger partial charge in [0.15, 0.2) is 0 Å². The van der Waals surface area contributed by atoms with Crippen LogP contribution in [0.5, 0.6) is 0 Å². The molecule has 0 heterocycles. The fourth-order valence-electron chi connectivity index (χ4n) is 0. The molecule has 0 aromatic carbocycles. The summed E-state index contributed by atoms with van der Waals surface area (Å²) in [5.41, 5.74) is 0. The first-order valence-corrected chi connectivity index (χ1v) is 2.46. The Morgan fingerprint density at radius 1 is 1.60 bits per heavy atom. The van der Waals surface area contributed by atoms with E-state index in [0.29, 0.717) is 6.61 Å². The molecule has 0 rings (SSSR count). The molecular weight excluding hydrogens is 195 g/mol. The predicted molar refractivity (Wildman–Crippen MR) is 17.6 cm³/mol. The molecule has 1 N–H and O–H groups in total. The maximum absolute atomic E-state index is 7.86. The fraction of sp³-hybridized carbons (Fsp3) is 1.00. The van der Waals surface area contributed by atoms with Crippen LogP contribution in [0.1, 0.15) is 0 Å². The third-order valence-electron chi connectivity index (χ3n) is 0.1000. The molecule has 0 spiro atoms. The summed E-state index contributed by atoms with van der Waals surface area (Å²) in [6.45, 7) is 0.292. The second-order valence-electron chi connectivity index (χ2n) is 0.447. The van der Waals surface area contributed by atoms with Crippen LogP contribution in [0.4, 0.5) is 0 Å². The third kappa shape index (κ3) is 11.3. The van der Waals surface area contributed by atoms with Gasteiger partial charge in [-0.25, -0.2) is 0 Å². The number of hydrogen-bond donors (Lipinski definition) is 1. The summed E-state index contributed by atoms with van der Waals surface area (Å²) in [6.07, 6.45) is 0. The van der Waals surface area contributed by atoms with Crippen LogP contribution in [0.2, 0.25) is 5.21 Å². The van der Waals surface area contributed by atoms with Crippen molar-refractivity contribution < 1.29 is 22.1 Å². The van der Waals surface area contributed by atoms with Crippen molar-refractivity contribution in [2.75, 3.05) is 6.61 Å². The van der Waals surface area contributed by atoms with Gasteiger partial charge in [-0.2, -0.15) is 0 Å². The van der Waals surface area contributed by atoms with E-state index < -0.39 is 0 Å². The Hall–Kier alpha value is 0.998. The molecule has 0 amide bonds. The van der Waals surface area contributed by atoms with Crippen molar-refractivity contribution in [3.8, 4) is 0 Å². The molecule has 0 unspecified atom stereocenters. The SMILES string of the molecule is OCC[As+].[Br-]. The van der Waals surface area contributed by atoms with Gasteiger partial charge in [-0.05, 0) is 0 Å². The van der Waals surface area contributed by atoms with Gasteiger partial charge in [-0.1, -0.05) is 0 Å². The molecule has 0 bridgehead atoms. The second-order valence-corrected chi connectivity index (χ2v) is 1.39. The average Bonchev–Trinajstić information content (AvgIpc) is 1.37. The van der Waals surface area contributed by atoms with Crippen LogP contribution >= 0.6 is 0 Å². The largest absolute Gasteiger partial charge is 1.00 e. The fourth-order valence-corrected chi connectivity index (χ4v) is 0. The minimum atomic E-state index is 0. The van der Waals surface area contributed by atoms with Gasteiger partial charge in [0.25, 0.3) is 0 Å². The van der Waals surface area contributed by atoms with E-state index in [1.54, 1.807) is 0 Å². The van der Waals surface area contributed by atoms with Crippen molar-refractivity contribution in [2.24, 2.45) is 0 Å². The van der Waals surface area contributed by atoms with Crippen LogP contribution in [0, 0.1) is 0 Å². The molecule has 0 aromatic rings. The third-order valence-corrected chi connectivity index (χ3v) is 0.520. The Kier molecular flexibility index (Phi) is 16.7. The minimum absolute atomic E-state index is 0. The molecule has 3 radical (unpaired) electrons. The van der Waals surface area contributed by atoms with Gasteiger partial charge < -0.3 is 17.0 Å². The van der Waals surface area contributed by atoms with E-state index in [2.05, 4.69) is 16.9 Å². The molecule has 0 aromatic heterocycles. The van der Waals surface area contributed by atoms with Gasteiger partial charge in [0, 0.05) is 0 Å². The summed E-state index contributed by atoms with van der Waals surface area (Å²) in [5.74, 6) is 0. The normalized spacial score (nSPS) is 6.00. The van der Waals surface area contributed by atoms with Crippen LogP contribution < -0.4 is 17.0 Å². The summed E-state index contributed by atoms with van der Waals surface area (Å²) in [4.78, 5) is 0. The van der Waals surface area contributed by atoms with E-state index in [4.69, 9.17) is 5.11 Å². The molecule has 0 atom stereocenters. The van der Waals surface area contributed by atoms with Crippen LogP contribution in [-0.4, -0.2) is 28.6 Å². The number of rotatable bonds is 1. The molecule has 31 valence electrons. The molecule has 0 aliphatic heterocycles. The molecular formula is C2H5AsBrO. The van der Waals surface area contributed by atoms with Crippen molar-refractivity contribution in [1.29, 1.82) is 0 Å². The van der Waals surface area contributed by atoms with Gasteiger partial charge in [-0.15, -0.1) is 0 Å². The van der Waals surface area contributed by atoms with Crippen molar-refractivity contribution >= 4 is 16.9 Å². The Balaban J connectivity index is 0. The molecule has 0 fully saturated rings. The van der Waals surface area contributed by atoms with E-state index in [9.17, 15) is 0 Å². The van der Waals surface area contributed by atoms with Gasteiger partial charge in [-0.3, -0.25) is 0 Å². The maximum Gasteiger partial charge on any atom is -1.00 e. The van der Waals surface area contributed by atoms with E-state index in [1.165, 1.54) is 0 Å². The number of aliphatic hydroxyl groups is 1. The van der Waals surface area contributed by atoms with E-state index in [1.807, 2.05) is 0 Å². The zero-order valence-electron chi connectivity index (χ0n) is 2.69. The van der Waals surface area contributed by atoms with E-state index in [0.717, 1.165) is 5.21 Å². The van der Waals surface area contributed by atoms with Gasteiger partial charge >= 0.3 is 33.8 Å². The molecule has 3 heteroatoms. The average molecular weight is 200 g/mol. The first kappa shape index (κ1) is 9.37. The van der Waals surface area contributed by atoms with E-state index in [-0.39, 0.29) is 17.0 Å². The molecule has 0 saturated heterocycles.